The van der Waals surface area contributed by atoms with Crippen molar-refractivity contribution in [3.8, 4) is 11.5 Å². The van der Waals surface area contributed by atoms with Crippen molar-refractivity contribution in [1.29, 1.82) is 0 Å². The van der Waals surface area contributed by atoms with Crippen LogP contribution in [0.2, 0.25) is 0 Å². The Kier molecular flexibility index (Phi) is 9.78. The van der Waals surface area contributed by atoms with Gasteiger partial charge < -0.3 is 24.6 Å². The maximum absolute atomic E-state index is 13.6. The smallest absolute Gasteiger partial charge is 0.243 e. The quantitative estimate of drug-likeness (QED) is 0.510. The van der Waals surface area contributed by atoms with Gasteiger partial charge in [-0.25, -0.2) is 8.42 Å². The van der Waals surface area contributed by atoms with Gasteiger partial charge in [-0.05, 0) is 51.0 Å². The molecule has 0 aromatic heterocycles. The molecule has 0 unspecified atom stereocenters. The van der Waals surface area contributed by atoms with E-state index in [1.54, 1.807) is 6.07 Å². The number of sulfonamides is 1. The summed E-state index contributed by atoms with van der Waals surface area (Å²) in [6, 6.07) is 4.62. The number of nitrogens with zero attached hydrogens (tertiary/aromatic N) is 3. The lowest BCUT2D eigenvalue weighted by molar-refractivity contribution is -0.131. The number of piperidine rings is 1. The molecule has 2 aliphatic heterocycles. The van der Waals surface area contributed by atoms with E-state index in [0.29, 0.717) is 31.1 Å². The van der Waals surface area contributed by atoms with Crippen molar-refractivity contribution in [1.82, 2.24) is 19.4 Å². The average Bonchev–Trinajstić information content (AvgIpc) is 2.86. The minimum absolute atomic E-state index is 0.0000389. The van der Waals surface area contributed by atoms with Gasteiger partial charge in [-0.3, -0.25) is 4.79 Å². The van der Waals surface area contributed by atoms with E-state index in [1.807, 2.05) is 4.90 Å². The number of piperazine rings is 1. The minimum atomic E-state index is -3.79. The highest BCUT2D eigenvalue weighted by molar-refractivity contribution is 7.89. The lowest BCUT2D eigenvalue weighted by Crippen LogP contribution is -2.47. The van der Waals surface area contributed by atoms with E-state index < -0.39 is 10.0 Å². The molecule has 2 aliphatic rings. The van der Waals surface area contributed by atoms with Crippen LogP contribution in [0.15, 0.2) is 23.1 Å². The number of hydrogen-bond donors (Lipinski definition) is 1. The molecule has 0 saturated carbocycles. The molecule has 2 fully saturated rings. The topological polar surface area (TPSA) is 91.4 Å². The van der Waals surface area contributed by atoms with Crippen molar-refractivity contribution < 1.29 is 22.7 Å². The molecule has 186 valence electrons. The maximum Gasteiger partial charge on any atom is 0.243 e. The number of amides is 1. The fourth-order valence-electron chi connectivity index (χ4n) is 4.42. The van der Waals surface area contributed by atoms with Gasteiger partial charge in [0, 0.05) is 51.8 Å². The molecule has 0 aliphatic carbocycles. The SMILES string of the molecule is COc1ccc(S(=O)(=O)N(CCCN2CCCCC2)CCC(=O)N2CCNCC2)cc1OC. The van der Waals surface area contributed by atoms with Crippen LogP contribution in [0.3, 0.4) is 0 Å². The maximum atomic E-state index is 13.6. The van der Waals surface area contributed by atoms with Crippen LogP contribution in [-0.4, -0.2) is 102 Å². The van der Waals surface area contributed by atoms with Crippen molar-refractivity contribution in [3.05, 3.63) is 18.2 Å². The summed E-state index contributed by atoms with van der Waals surface area (Å²) < 4.78 is 39.1. The monoisotopic (exact) mass is 482 g/mol. The molecule has 1 aromatic carbocycles. The molecule has 9 nitrogen and oxygen atoms in total. The second-order valence-electron chi connectivity index (χ2n) is 8.56. The van der Waals surface area contributed by atoms with Crippen molar-refractivity contribution in [2.75, 3.05) is 73.1 Å². The Hall–Kier alpha value is -1.88. The number of methoxy groups -OCH3 is 2. The number of benzene rings is 1. The molecule has 2 saturated heterocycles. The minimum Gasteiger partial charge on any atom is -0.493 e. The third-order valence-electron chi connectivity index (χ3n) is 6.37. The summed E-state index contributed by atoms with van der Waals surface area (Å²) in [5, 5.41) is 3.23. The zero-order chi connectivity index (χ0) is 23.7. The Morgan fingerprint density at radius 2 is 1.70 bits per heavy atom. The van der Waals surface area contributed by atoms with Crippen molar-refractivity contribution >= 4 is 15.9 Å². The van der Waals surface area contributed by atoms with E-state index in [4.69, 9.17) is 9.47 Å². The fourth-order valence-corrected chi connectivity index (χ4v) is 5.92. The van der Waals surface area contributed by atoms with Gasteiger partial charge in [0.2, 0.25) is 15.9 Å². The molecule has 0 atom stereocenters. The summed E-state index contributed by atoms with van der Waals surface area (Å²) >= 11 is 0. The summed E-state index contributed by atoms with van der Waals surface area (Å²) in [6.07, 6.45) is 4.58. The van der Waals surface area contributed by atoms with E-state index >= 15 is 0 Å². The molecule has 1 amide bonds. The average molecular weight is 483 g/mol. The molecule has 2 heterocycles. The third-order valence-corrected chi connectivity index (χ3v) is 8.26. The zero-order valence-corrected chi connectivity index (χ0v) is 20.7. The van der Waals surface area contributed by atoms with E-state index in [1.165, 1.54) is 49.9 Å². The second kappa shape index (κ2) is 12.5. The van der Waals surface area contributed by atoms with Gasteiger partial charge >= 0.3 is 0 Å². The molecule has 1 aromatic rings. The number of ether oxygens (including phenoxy) is 2. The number of rotatable bonds is 11. The first kappa shape index (κ1) is 25.7. The molecule has 0 bridgehead atoms. The highest BCUT2D eigenvalue weighted by Crippen LogP contribution is 2.30. The second-order valence-corrected chi connectivity index (χ2v) is 10.5. The molecule has 1 N–H and O–H groups in total. The third kappa shape index (κ3) is 7.05. The highest BCUT2D eigenvalue weighted by atomic mass is 32.2. The van der Waals surface area contributed by atoms with Crippen LogP contribution in [-0.2, 0) is 14.8 Å². The molecule has 0 spiro atoms. The molecule has 3 rings (SSSR count). The van der Waals surface area contributed by atoms with Gasteiger partial charge in [0.1, 0.15) is 0 Å². The summed E-state index contributed by atoms with van der Waals surface area (Å²) in [4.78, 5) is 17.1. The van der Waals surface area contributed by atoms with Crippen LogP contribution in [0.4, 0.5) is 0 Å². The Balaban J connectivity index is 1.71. The lowest BCUT2D eigenvalue weighted by atomic mass is 10.1. The van der Waals surface area contributed by atoms with Gasteiger partial charge in [-0.1, -0.05) is 6.42 Å². The lowest BCUT2D eigenvalue weighted by Gasteiger charge is -2.30. The van der Waals surface area contributed by atoms with Crippen LogP contribution in [0.1, 0.15) is 32.1 Å². The van der Waals surface area contributed by atoms with Gasteiger partial charge in [-0.15, -0.1) is 0 Å². The van der Waals surface area contributed by atoms with Crippen LogP contribution in [0.5, 0.6) is 11.5 Å². The summed E-state index contributed by atoms with van der Waals surface area (Å²) in [5.41, 5.74) is 0. The first-order valence-electron chi connectivity index (χ1n) is 11.9. The molecule has 10 heteroatoms. The summed E-state index contributed by atoms with van der Waals surface area (Å²) in [5.74, 6) is 0.839. The standard InChI is InChI=1S/C23H38N4O5S/c1-31-21-8-7-20(19-22(21)32-2)33(29,30)27(15-6-14-25-12-4-3-5-13-25)16-9-23(28)26-17-10-24-11-18-26/h7-8,19,24H,3-6,9-18H2,1-2H3. The number of nitrogens with one attached hydrogen (secondary N) is 1. The van der Waals surface area contributed by atoms with Gasteiger partial charge in [0.05, 0.1) is 19.1 Å². The fraction of sp³-hybridized carbons (Fsp3) is 0.696. The van der Waals surface area contributed by atoms with Crippen LogP contribution < -0.4 is 14.8 Å². The first-order chi connectivity index (χ1) is 16.0. The number of carbonyl (C=O) groups is 1. The van der Waals surface area contributed by atoms with E-state index in [0.717, 1.165) is 39.1 Å². The normalized spacial score (nSPS) is 17.8. The zero-order valence-electron chi connectivity index (χ0n) is 19.9. The molecular formula is C23H38N4O5S. The van der Waals surface area contributed by atoms with Crippen molar-refractivity contribution in [2.24, 2.45) is 0 Å². The first-order valence-corrected chi connectivity index (χ1v) is 13.3. The highest BCUT2D eigenvalue weighted by Gasteiger charge is 2.27. The van der Waals surface area contributed by atoms with Crippen molar-refractivity contribution in [2.45, 2.75) is 37.0 Å². The van der Waals surface area contributed by atoms with E-state index in [9.17, 15) is 13.2 Å². The molecule has 0 radical (unpaired) electrons. The van der Waals surface area contributed by atoms with Crippen LogP contribution in [0.25, 0.3) is 0 Å². The molecule has 33 heavy (non-hydrogen) atoms. The van der Waals surface area contributed by atoms with Gasteiger partial charge in [0.25, 0.3) is 0 Å². The Morgan fingerprint density at radius 3 is 2.36 bits per heavy atom. The van der Waals surface area contributed by atoms with Crippen molar-refractivity contribution in [3.63, 3.8) is 0 Å². The Labute approximate surface area is 198 Å². The van der Waals surface area contributed by atoms with Crippen LogP contribution >= 0.6 is 0 Å². The Bertz CT molecular complexity index is 868. The van der Waals surface area contributed by atoms with E-state index in [2.05, 4.69) is 10.2 Å². The predicted octanol–water partition coefficient (Wildman–Crippen LogP) is 1.39. The summed E-state index contributed by atoms with van der Waals surface area (Å²) in [7, 11) is -0.794. The van der Waals surface area contributed by atoms with Crippen LogP contribution in [0, 0.1) is 0 Å². The van der Waals surface area contributed by atoms with Gasteiger partial charge in [0.15, 0.2) is 11.5 Å². The Morgan fingerprint density at radius 1 is 1.00 bits per heavy atom. The number of likely N-dealkylation sites (tertiary alicyclic amines) is 1. The van der Waals surface area contributed by atoms with Gasteiger partial charge in [-0.2, -0.15) is 4.31 Å². The number of carbonyl (C=O) groups excluding carboxylic acids is 1. The molecular weight excluding hydrogens is 444 g/mol. The summed E-state index contributed by atoms with van der Waals surface area (Å²) in [6.45, 7) is 6.43. The number of hydrogen-bond acceptors (Lipinski definition) is 7. The van der Waals surface area contributed by atoms with E-state index in [-0.39, 0.29) is 23.8 Å². The largest absolute Gasteiger partial charge is 0.493 e. The predicted molar refractivity (Wildman–Crippen MR) is 127 cm³/mol.